The molecule has 0 aliphatic carbocycles. The normalized spacial score (nSPS) is 10.5. The number of halogens is 1. The van der Waals surface area contributed by atoms with E-state index in [2.05, 4.69) is 17.6 Å². The molecule has 0 amide bonds. The van der Waals surface area contributed by atoms with Gasteiger partial charge in [0.15, 0.2) is 5.16 Å². The Hall–Kier alpha value is -2.55. The number of hydrogen-bond donors (Lipinski definition) is 0. The van der Waals surface area contributed by atoms with Crippen LogP contribution in [-0.2, 0) is 0 Å². The predicted octanol–water partition coefficient (Wildman–Crippen LogP) is 4.10. The van der Waals surface area contributed by atoms with Gasteiger partial charge in [0.05, 0.1) is 28.2 Å². The van der Waals surface area contributed by atoms with Gasteiger partial charge in [-0.3, -0.25) is 9.36 Å². The van der Waals surface area contributed by atoms with Crippen LogP contribution in [0.15, 0.2) is 70.1 Å². The minimum Gasteiger partial charge on any atom is -0.268 e. The predicted molar refractivity (Wildman–Crippen MR) is 97.8 cm³/mol. The first-order valence-electron chi connectivity index (χ1n) is 7.08. The van der Waals surface area contributed by atoms with Crippen molar-refractivity contribution in [2.24, 2.45) is 0 Å². The monoisotopic (exact) mass is 353 g/mol. The smallest absolute Gasteiger partial charge is 0.266 e. The Balaban J connectivity index is 2.23. The highest BCUT2D eigenvalue weighted by molar-refractivity contribution is 7.99. The van der Waals surface area contributed by atoms with Crippen molar-refractivity contribution < 1.29 is 0 Å². The molecule has 0 aliphatic heterocycles. The molecular weight excluding hydrogens is 342 g/mol. The number of para-hydroxylation sites is 1. The second-order valence-electron chi connectivity index (χ2n) is 5.02. The number of nitriles is 1. The molecular formula is C18H12ClN3OS. The van der Waals surface area contributed by atoms with E-state index in [0.29, 0.717) is 38.1 Å². The first-order chi connectivity index (χ1) is 11.6. The van der Waals surface area contributed by atoms with Crippen LogP contribution >= 0.6 is 23.4 Å². The van der Waals surface area contributed by atoms with Gasteiger partial charge < -0.3 is 0 Å². The molecule has 0 spiro atoms. The molecule has 3 rings (SSSR count). The fourth-order valence-electron chi connectivity index (χ4n) is 2.26. The van der Waals surface area contributed by atoms with Crippen LogP contribution in [0.2, 0.25) is 0 Å². The molecule has 0 unspecified atom stereocenters. The third-order valence-corrected chi connectivity index (χ3v) is 4.67. The SMILES string of the molecule is C=C(Cl)CSc1nc2ccccc2c(=O)n1-c1ccc(C#N)cc1. The largest absolute Gasteiger partial charge is 0.268 e. The Kier molecular flexibility index (Phi) is 4.70. The summed E-state index contributed by atoms with van der Waals surface area (Å²) in [6.45, 7) is 3.67. The van der Waals surface area contributed by atoms with Gasteiger partial charge in [0.2, 0.25) is 0 Å². The maximum atomic E-state index is 12.9. The Morgan fingerprint density at radius 3 is 2.62 bits per heavy atom. The molecule has 6 heteroatoms. The number of benzene rings is 2. The molecule has 0 aliphatic rings. The van der Waals surface area contributed by atoms with Gasteiger partial charge >= 0.3 is 0 Å². The number of rotatable bonds is 4. The molecule has 118 valence electrons. The van der Waals surface area contributed by atoms with E-state index in [9.17, 15) is 4.79 Å². The average molecular weight is 354 g/mol. The minimum absolute atomic E-state index is 0.159. The van der Waals surface area contributed by atoms with Gasteiger partial charge in [0.1, 0.15) is 0 Å². The van der Waals surface area contributed by atoms with Gasteiger partial charge in [0.25, 0.3) is 5.56 Å². The molecule has 0 saturated heterocycles. The Morgan fingerprint density at radius 1 is 1.25 bits per heavy atom. The number of fused-ring (bicyclic) bond motifs is 1. The number of hydrogen-bond acceptors (Lipinski definition) is 4. The van der Waals surface area contributed by atoms with Crippen molar-refractivity contribution >= 4 is 34.3 Å². The lowest BCUT2D eigenvalue weighted by Gasteiger charge is -2.13. The standard InChI is InChI=1S/C18H12ClN3OS/c1-12(19)11-24-18-21-16-5-3-2-4-15(16)17(23)22(18)14-8-6-13(10-20)7-9-14/h2-9H,1,11H2. The molecule has 0 fully saturated rings. The van der Waals surface area contributed by atoms with Crippen molar-refractivity contribution in [3.05, 3.63) is 76.1 Å². The lowest BCUT2D eigenvalue weighted by Crippen LogP contribution is -2.21. The highest BCUT2D eigenvalue weighted by Gasteiger charge is 2.13. The van der Waals surface area contributed by atoms with Gasteiger partial charge in [-0.2, -0.15) is 5.26 Å². The van der Waals surface area contributed by atoms with Crippen LogP contribution in [0.1, 0.15) is 5.56 Å². The first-order valence-corrected chi connectivity index (χ1v) is 8.45. The number of thioether (sulfide) groups is 1. The average Bonchev–Trinajstić information content (AvgIpc) is 2.60. The molecule has 1 aromatic heterocycles. The van der Waals surface area contributed by atoms with Crippen LogP contribution in [0.4, 0.5) is 0 Å². The molecule has 0 bridgehead atoms. The number of nitrogens with zero attached hydrogens (tertiary/aromatic N) is 3. The molecule has 0 N–H and O–H groups in total. The van der Waals surface area contributed by atoms with Crippen LogP contribution < -0.4 is 5.56 Å². The molecule has 0 radical (unpaired) electrons. The van der Waals surface area contributed by atoms with Gasteiger partial charge in [-0.25, -0.2) is 4.98 Å². The van der Waals surface area contributed by atoms with Crippen molar-refractivity contribution in [3.8, 4) is 11.8 Å². The summed E-state index contributed by atoms with van der Waals surface area (Å²) in [5, 5.41) is 10.5. The molecule has 0 saturated carbocycles. The molecule has 24 heavy (non-hydrogen) atoms. The topological polar surface area (TPSA) is 58.7 Å². The summed E-state index contributed by atoms with van der Waals surface area (Å²) in [6.07, 6.45) is 0. The first kappa shape index (κ1) is 16.3. The quantitative estimate of drug-likeness (QED) is 0.523. The van der Waals surface area contributed by atoms with Crippen LogP contribution in [0.25, 0.3) is 16.6 Å². The second kappa shape index (κ2) is 6.91. The lowest BCUT2D eigenvalue weighted by atomic mass is 10.2. The molecule has 3 aromatic rings. The third kappa shape index (κ3) is 3.21. The van der Waals surface area contributed by atoms with Gasteiger partial charge in [-0.15, -0.1) is 0 Å². The summed E-state index contributed by atoms with van der Waals surface area (Å²) in [7, 11) is 0. The fourth-order valence-corrected chi connectivity index (χ4v) is 3.19. The zero-order valence-corrected chi connectivity index (χ0v) is 14.1. The second-order valence-corrected chi connectivity index (χ2v) is 6.49. The van der Waals surface area contributed by atoms with Crippen molar-refractivity contribution in [2.75, 3.05) is 5.75 Å². The Morgan fingerprint density at radius 2 is 1.96 bits per heavy atom. The van der Waals surface area contributed by atoms with Crippen LogP contribution in [0.5, 0.6) is 0 Å². The summed E-state index contributed by atoms with van der Waals surface area (Å²) >= 11 is 7.20. The van der Waals surface area contributed by atoms with Crippen molar-refractivity contribution in [3.63, 3.8) is 0 Å². The zero-order valence-electron chi connectivity index (χ0n) is 12.6. The molecule has 2 aromatic carbocycles. The summed E-state index contributed by atoms with van der Waals surface area (Å²) in [5.41, 5.74) is 1.66. The maximum absolute atomic E-state index is 12.9. The van der Waals surface area contributed by atoms with Gasteiger partial charge in [-0.05, 0) is 36.4 Å². The van der Waals surface area contributed by atoms with E-state index in [4.69, 9.17) is 16.9 Å². The van der Waals surface area contributed by atoms with E-state index in [-0.39, 0.29) is 5.56 Å². The minimum atomic E-state index is -0.159. The summed E-state index contributed by atoms with van der Waals surface area (Å²) < 4.78 is 1.54. The van der Waals surface area contributed by atoms with E-state index < -0.39 is 0 Å². The van der Waals surface area contributed by atoms with E-state index in [1.54, 1.807) is 36.4 Å². The van der Waals surface area contributed by atoms with Crippen LogP contribution in [-0.4, -0.2) is 15.3 Å². The van der Waals surface area contributed by atoms with Gasteiger partial charge in [0, 0.05) is 10.8 Å². The lowest BCUT2D eigenvalue weighted by molar-refractivity contribution is 0.820. The van der Waals surface area contributed by atoms with Crippen molar-refractivity contribution in [1.29, 1.82) is 5.26 Å². The summed E-state index contributed by atoms with van der Waals surface area (Å²) in [6, 6.07) is 16.1. The van der Waals surface area contributed by atoms with Crippen molar-refractivity contribution in [2.45, 2.75) is 5.16 Å². The fraction of sp³-hybridized carbons (Fsp3) is 0.0556. The van der Waals surface area contributed by atoms with Gasteiger partial charge in [-0.1, -0.05) is 42.1 Å². The van der Waals surface area contributed by atoms with Crippen LogP contribution in [0, 0.1) is 11.3 Å². The molecule has 4 nitrogen and oxygen atoms in total. The Bertz CT molecular complexity index is 1020. The van der Waals surface area contributed by atoms with E-state index in [0.717, 1.165) is 0 Å². The zero-order chi connectivity index (χ0) is 17.1. The van der Waals surface area contributed by atoms with Crippen LogP contribution in [0.3, 0.4) is 0 Å². The molecule has 0 atom stereocenters. The highest BCUT2D eigenvalue weighted by atomic mass is 35.5. The molecule has 1 heterocycles. The third-order valence-electron chi connectivity index (χ3n) is 3.36. The highest BCUT2D eigenvalue weighted by Crippen LogP contribution is 2.23. The Labute approximate surface area is 148 Å². The maximum Gasteiger partial charge on any atom is 0.266 e. The summed E-state index contributed by atoms with van der Waals surface area (Å²) in [5.74, 6) is 0.447. The van der Waals surface area contributed by atoms with E-state index >= 15 is 0 Å². The number of aromatic nitrogens is 2. The van der Waals surface area contributed by atoms with Crippen molar-refractivity contribution in [1.82, 2.24) is 9.55 Å². The van der Waals surface area contributed by atoms with E-state index in [1.165, 1.54) is 16.3 Å². The summed E-state index contributed by atoms with van der Waals surface area (Å²) in [4.78, 5) is 17.5. The van der Waals surface area contributed by atoms with E-state index in [1.807, 2.05) is 12.1 Å².